The van der Waals surface area contributed by atoms with Gasteiger partial charge >= 0.3 is 0 Å². The molecule has 0 radical (unpaired) electrons. The van der Waals surface area contributed by atoms with E-state index in [0.29, 0.717) is 5.92 Å². The highest BCUT2D eigenvalue weighted by molar-refractivity contribution is 7.18. The second kappa shape index (κ2) is 4.72. The molecule has 4 heteroatoms. The van der Waals surface area contributed by atoms with Crippen molar-refractivity contribution in [2.75, 3.05) is 6.54 Å². The van der Waals surface area contributed by atoms with Crippen LogP contribution in [0.2, 0.25) is 0 Å². The third-order valence-corrected chi connectivity index (χ3v) is 4.29. The lowest BCUT2D eigenvalue weighted by Gasteiger charge is -2.31. The average Bonchev–Trinajstić information content (AvgIpc) is 2.69. The standard InChI is InChI=1S/C13H16N2OS/c16-10-5-9(6-10)7-14-8-13-15-11-3-1-2-4-12(11)17-13/h1-4,9-10,14,16H,5-8H2. The molecule has 0 saturated heterocycles. The minimum Gasteiger partial charge on any atom is -0.393 e. The van der Waals surface area contributed by atoms with E-state index in [1.807, 2.05) is 12.1 Å². The molecule has 1 aromatic carbocycles. The smallest absolute Gasteiger partial charge is 0.108 e. The molecule has 17 heavy (non-hydrogen) atoms. The monoisotopic (exact) mass is 248 g/mol. The zero-order valence-electron chi connectivity index (χ0n) is 9.60. The van der Waals surface area contributed by atoms with Crippen LogP contribution in [0.5, 0.6) is 0 Å². The van der Waals surface area contributed by atoms with E-state index in [0.717, 1.165) is 36.5 Å². The molecule has 1 aromatic heterocycles. The first-order chi connectivity index (χ1) is 8.31. The number of hydrogen-bond acceptors (Lipinski definition) is 4. The molecule has 1 heterocycles. The Morgan fingerprint density at radius 3 is 2.94 bits per heavy atom. The van der Waals surface area contributed by atoms with E-state index in [2.05, 4.69) is 22.4 Å². The lowest BCUT2D eigenvalue weighted by molar-refractivity contribution is 0.0430. The van der Waals surface area contributed by atoms with Gasteiger partial charge in [-0.1, -0.05) is 12.1 Å². The number of nitrogens with zero attached hydrogens (tertiary/aromatic N) is 1. The van der Waals surface area contributed by atoms with E-state index >= 15 is 0 Å². The second-order valence-electron chi connectivity index (χ2n) is 4.70. The molecule has 0 atom stereocenters. The van der Waals surface area contributed by atoms with E-state index in [-0.39, 0.29) is 6.10 Å². The van der Waals surface area contributed by atoms with E-state index in [9.17, 15) is 5.11 Å². The Morgan fingerprint density at radius 2 is 2.18 bits per heavy atom. The van der Waals surface area contributed by atoms with Crippen LogP contribution in [0.4, 0.5) is 0 Å². The van der Waals surface area contributed by atoms with Crippen LogP contribution >= 0.6 is 11.3 Å². The highest BCUT2D eigenvalue weighted by Crippen LogP contribution is 2.26. The Balaban J connectivity index is 1.54. The summed E-state index contributed by atoms with van der Waals surface area (Å²) < 4.78 is 1.25. The fraction of sp³-hybridized carbons (Fsp3) is 0.462. The van der Waals surface area contributed by atoms with Gasteiger partial charge < -0.3 is 10.4 Å². The summed E-state index contributed by atoms with van der Waals surface area (Å²) >= 11 is 1.75. The molecule has 3 nitrogen and oxygen atoms in total. The first kappa shape index (κ1) is 11.1. The number of benzene rings is 1. The molecular weight excluding hydrogens is 232 g/mol. The van der Waals surface area contributed by atoms with E-state index < -0.39 is 0 Å². The molecule has 0 spiro atoms. The van der Waals surface area contributed by atoms with Crippen LogP contribution in [0, 0.1) is 5.92 Å². The Labute approximate surface area is 105 Å². The molecule has 90 valence electrons. The zero-order valence-corrected chi connectivity index (χ0v) is 10.4. The molecule has 0 aliphatic heterocycles. The fourth-order valence-corrected chi connectivity index (χ4v) is 3.18. The SMILES string of the molecule is OC1CC(CNCc2nc3ccccc3s2)C1. The molecule has 1 fully saturated rings. The van der Waals surface area contributed by atoms with Gasteiger partial charge in [-0.3, -0.25) is 0 Å². The van der Waals surface area contributed by atoms with Gasteiger partial charge in [0.15, 0.2) is 0 Å². The predicted molar refractivity (Wildman–Crippen MR) is 70.1 cm³/mol. The van der Waals surface area contributed by atoms with Crippen LogP contribution in [0.1, 0.15) is 17.8 Å². The first-order valence-corrected chi connectivity index (χ1v) is 6.86. The predicted octanol–water partition coefficient (Wildman–Crippen LogP) is 2.16. The third kappa shape index (κ3) is 2.49. The second-order valence-corrected chi connectivity index (χ2v) is 5.81. The summed E-state index contributed by atoms with van der Waals surface area (Å²) in [7, 11) is 0. The van der Waals surface area contributed by atoms with Crippen LogP contribution in [0.25, 0.3) is 10.2 Å². The molecule has 2 N–H and O–H groups in total. The van der Waals surface area contributed by atoms with Crippen LogP contribution in [0.3, 0.4) is 0 Å². The number of thiazole rings is 1. The molecular formula is C13H16N2OS. The lowest BCUT2D eigenvalue weighted by atomic mass is 9.82. The molecule has 1 aliphatic rings. The Kier molecular flexibility index (Phi) is 3.09. The zero-order chi connectivity index (χ0) is 11.7. The van der Waals surface area contributed by atoms with E-state index in [1.54, 1.807) is 11.3 Å². The first-order valence-electron chi connectivity index (χ1n) is 6.04. The van der Waals surface area contributed by atoms with Gasteiger partial charge in [0, 0.05) is 6.54 Å². The van der Waals surface area contributed by atoms with Crippen molar-refractivity contribution in [2.24, 2.45) is 5.92 Å². The number of para-hydroxylation sites is 1. The van der Waals surface area contributed by atoms with Gasteiger partial charge in [0.1, 0.15) is 5.01 Å². The van der Waals surface area contributed by atoms with Crippen molar-refractivity contribution >= 4 is 21.6 Å². The van der Waals surface area contributed by atoms with Gasteiger partial charge in [0.25, 0.3) is 0 Å². The molecule has 0 amide bonds. The maximum atomic E-state index is 9.19. The topological polar surface area (TPSA) is 45.1 Å². The largest absolute Gasteiger partial charge is 0.393 e. The van der Waals surface area contributed by atoms with Crippen LogP contribution in [-0.4, -0.2) is 22.7 Å². The highest BCUT2D eigenvalue weighted by Gasteiger charge is 2.26. The summed E-state index contributed by atoms with van der Waals surface area (Å²) in [5.41, 5.74) is 1.09. The minimum atomic E-state index is -0.0516. The van der Waals surface area contributed by atoms with Crippen molar-refractivity contribution < 1.29 is 5.11 Å². The van der Waals surface area contributed by atoms with E-state index in [4.69, 9.17) is 0 Å². The molecule has 0 unspecified atom stereocenters. The van der Waals surface area contributed by atoms with Gasteiger partial charge in [-0.05, 0) is 37.4 Å². The lowest BCUT2D eigenvalue weighted by Crippen LogP contribution is -2.35. The van der Waals surface area contributed by atoms with Crippen LogP contribution in [-0.2, 0) is 6.54 Å². The number of hydrogen-bond donors (Lipinski definition) is 2. The van der Waals surface area contributed by atoms with E-state index in [1.165, 1.54) is 4.70 Å². The summed E-state index contributed by atoms with van der Waals surface area (Å²) in [5.74, 6) is 0.652. The summed E-state index contributed by atoms with van der Waals surface area (Å²) in [6.45, 7) is 1.83. The molecule has 2 aromatic rings. The number of rotatable bonds is 4. The van der Waals surface area contributed by atoms with Gasteiger partial charge in [0.2, 0.25) is 0 Å². The Hall–Kier alpha value is -0.970. The molecule has 3 rings (SSSR count). The highest BCUT2D eigenvalue weighted by atomic mass is 32.1. The van der Waals surface area contributed by atoms with Crippen LogP contribution < -0.4 is 5.32 Å². The van der Waals surface area contributed by atoms with Crippen molar-refractivity contribution in [1.29, 1.82) is 0 Å². The van der Waals surface area contributed by atoms with Crippen molar-refractivity contribution in [3.05, 3.63) is 29.3 Å². The fourth-order valence-electron chi connectivity index (χ4n) is 2.25. The Morgan fingerprint density at radius 1 is 1.35 bits per heavy atom. The van der Waals surface area contributed by atoms with Gasteiger partial charge in [-0.15, -0.1) is 11.3 Å². The van der Waals surface area contributed by atoms with Crippen molar-refractivity contribution in [3.63, 3.8) is 0 Å². The van der Waals surface area contributed by atoms with Crippen LogP contribution in [0.15, 0.2) is 24.3 Å². The Bertz CT molecular complexity index is 472. The van der Waals surface area contributed by atoms with Crippen molar-refractivity contribution in [1.82, 2.24) is 10.3 Å². The number of aliphatic hydroxyl groups is 1. The summed E-state index contributed by atoms with van der Waals surface area (Å²) in [6, 6.07) is 8.24. The molecule has 1 aliphatic carbocycles. The maximum Gasteiger partial charge on any atom is 0.108 e. The van der Waals surface area contributed by atoms with Crippen molar-refractivity contribution in [3.8, 4) is 0 Å². The normalized spacial score (nSPS) is 23.8. The molecule has 0 bridgehead atoms. The molecule has 1 saturated carbocycles. The summed E-state index contributed by atoms with van der Waals surface area (Å²) in [6.07, 6.45) is 1.85. The number of fused-ring (bicyclic) bond motifs is 1. The quantitative estimate of drug-likeness (QED) is 0.871. The third-order valence-electron chi connectivity index (χ3n) is 3.26. The summed E-state index contributed by atoms with van der Waals surface area (Å²) in [4.78, 5) is 4.57. The van der Waals surface area contributed by atoms with Gasteiger partial charge in [-0.2, -0.15) is 0 Å². The maximum absolute atomic E-state index is 9.19. The summed E-state index contributed by atoms with van der Waals surface area (Å²) in [5, 5.41) is 13.8. The number of aliphatic hydroxyl groups excluding tert-OH is 1. The van der Waals surface area contributed by atoms with Gasteiger partial charge in [0.05, 0.1) is 16.3 Å². The van der Waals surface area contributed by atoms with Gasteiger partial charge in [-0.25, -0.2) is 4.98 Å². The average molecular weight is 248 g/mol. The number of aromatic nitrogens is 1. The van der Waals surface area contributed by atoms with Crippen molar-refractivity contribution in [2.45, 2.75) is 25.5 Å². The number of nitrogens with one attached hydrogen (secondary N) is 1. The minimum absolute atomic E-state index is 0.0516.